The van der Waals surface area contributed by atoms with Gasteiger partial charge in [0.15, 0.2) is 0 Å². The molecular weight excluding hydrogens is 377 g/mol. The van der Waals surface area contributed by atoms with Crippen molar-refractivity contribution in [3.63, 3.8) is 0 Å². The van der Waals surface area contributed by atoms with Crippen LogP contribution in [-0.2, 0) is 6.42 Å². The first-order chi connectivity index (χ1) is 9.10. The third kappa shape index (κ3) is 3.78. The van der Waals surface area contributed by atoms with Gasteiger partial charge in [0.25, 0.3) is 0 Å². The highest BCUT2D eigenvalue weighted by Crippen LogP contribution is 2.33. The number of rotatable bonds is 4. The molecule has 0 heterocycles. The molecule has 0 spiro atoms. The summed E-state index contributed by atoms with van der Waals surface area (Å²) in [7, 11) is 0. The Hall–Kier alpha value is -0.910. The van der Waals surface area contributed by atoms with Gasteiger partial charge in [0.2, 0.25) is 0 Å². The van der Waals surface area contributed by atoms with Crippen molar-refractivity contribution in [2.24, 2.45) is 5.73 Å². The lowest BCUT2D eigenvalue weighted by atomic mass is 10.1. The molecule has 2 aromatic rings. The second-order valence-corrected chi connectivity index (χ2v) is 5.74. The van der Waals surface area contributed by atoms with Crippen molar-refractivity contribution < 1.29 is 9.13 Å². The summed E-state index contributed by atoms with van der Waals surface area (Å²) in [5.74, 6) is 0.774. The molecule has 2 rings (SSSR count). The van der Waals surface area contributed by atoms with Crippen molar-refractivity contribution in [1.82, 2.24) is 0 Å². The lowest BCUT2D eigenvalue weighted by molar-refractivity contribution is 0.467. The van der Waals surface area contributed by atoms with Crippen molar-refractivity contribution in [2.75, 3.05) is 6.54 Å². The molecule has 2 aromatic carbocycles. The maximum absolute atomic E-state index is 13.2. The van der Waals surface area contributed by atoms with E-state index in [9.17, 15) is 4.39 Å². The fourth-order valence-electron chi connectivity index (χ4n) is 1.66. The highest BCUT2D eigenvalue weighted by molar-refractivity contribution is 9.10. The predicted molar refractivity (Wildman–Crippen MR) is 81.1 cm³/mol. The monoisotopic (exact) mass is 387 g/mol. The molecule has 2 N–H and O–H groups in total. The topological polar surface area (TPSA) is 35.2 Å². The average molecular weight is 389 g/mol. The first kappa shape index (κ1) is 14.5. The summed E-state index contributed by atoms with van der Waals surface area (Å²) in [6.45, 7) is 0.530. The van der Waals surface area contributed by atoms with Crippen LogP contribution in [0.3, 0.4) is 0 Å². The second-order valence-electron chi connectivity index (χ2n) is 3.97. The summed E-state index contributed by atoms with van der Waals surface area (Å²) in [5, 5.41) is 0. The van der Waals surface area contributed by atoms with Crippen LogP contribution in [0.15, 0.2) is 45.3 Å². The van der Waals surface area contributed by atoms with Crippen LogP contribution in [0.1, 0.15) is 5.56 Å². The van der Waals surface area contributed by atoms with Crippen LogP contribution in [0.2, 0.25) is 0 Å². The minimum Gasteiger partial charge on any atom is -0.456 e. The van der Waals surface area contributed by atoms with Gasteiger partial charge in [0.05, 0.1) is 4.47 Å². The average Bonchev–Trinajstić information content (AvgIpc) is 2.37. The normalized spacial score (nSPS) is 10.5. The smallest absolute Gasteiger partial charge is 0.144 e. The fourth-order valence-corrected chi connectivity index (χ4v) is 2.33. The van der Waals surface area contributed by atoms with E-state index >= 15 is 0 Å². The van der Waals surface area contributed by atoms with E-state index in [4.69, 9.17) is 10.5 Å². The van der Waals surface area contributed by atoms with Crippen molar-refractivity contribution in [1.29, 1.82) is 0 Å². The quantitative estimate of drug-likeness (QED) is 0.827. The molecule has 0 aliphatic heterocycles. The summed E-state index contributed by atoms with van der Waals surface area (Å²) in [4.78, 5) is 0. The molecule has 0 aliphatic carbocycles. The minimum atomic E-state index is -0.339. The van der Waals surface area contributed by atoms with Crippen LogP contribution in [0, 0.1) is 5.82 Å². The number of nitrogens with two attached hydrogens (primary N) is 1. The van der Waals surface area contributed by atoms with Crippen molar-refractivity contribution >= 4 is 31.9 Å². The van der Waals surface area contributed by atoms with E-state index in [1.54, 1.807) is 6.07 Å². The summed E-state index contributed by atoms with van der Waals surface area (Å²) >= 11 is 6.74. The summed E-state index contributed by atoms with van der Waals surface area (Å²) in [5.41, 5.74) is 6.57. The maximum Gasteiger partial charge on any atom is 0.144 e. The van der Waals surface area contributed by atoms with Crippen LogP contribution < -0.4 is 10.5 Å². The van der Waals surface area contributed by atoms with Gasteiger partial charge in [-0.15, -0.1) is 0 Å². The molecule has 5 heteroatoms. The van der Waals surface area contributed by atoms with E-state index in [0.29, 0.717) is 28.9 Å². The van der Waals surface area contributed by atoms with Gasteiger partial charge in [-0.25, -0.2) is 4.39 Å². The first-order valence-corrected chi connectivity index (χ1v) is 7.30. The predicted octanol–water partition coefficient (Wildman–Crippen LogP) is 4.64. The third-order valence-electron chi connectivity index (χ3n) is 2.56. The second kappa shape index (κ2) is 6.50. The molecule has 0 saturated carbocycles. The van der Waals surface area contributed by atoms with Crippen LogP contribution in [0.25, 0.3) is 0 Å². The molecule has 100 valence electrons. The van der Waals surface area contributed by atoms with Gasteiger partial charge in [0, 0.05) is 10.5 Å². The van der Waals surface area contributed by atoms with Crippen molar-refractivity contribution in [3.05, 3.63) is 56.7 Å². The molecular formula is C14H12Br2FNO. The third-order valence-corrected chi connectivity index (χ3v) is 3.70. The number of hydrogen-bond acceptors (Lipinski definition) is 2. The number of hydrogen-bond donors (Lipinski definition) is 1. The standard InChI is InChI=1S/C14H12Br2FNO/c15-10-2-1-9(5-6-18)13(7-10)19-14-8-11(17)3-4-12(14)16/h1-4,7-8H,5-6,18H2. The van der Waals surface area contributed by atoms with E-state index in [2.05, 4.69) is 31.9 Å². The zero-order valence-electron chi connectivity index (χ0n) is 10.00. The number of benzene rings is 2. The minimum absolute atomic E-state index is 0.339. The van der Waals surface area contributed by atoms with Crippen molar-refractivity contribution in [3.8, 4) is 11.5 Å². The van der Waals surface area contributed by atoms with E-state index in [-0.39, 0.29) is 5.82 Å². The van der Waals surface area contributed by atoms with E-state index in [0.717, 1.165) is 10.0 Å². The Morgan fingerprint density at radius 2 is 1.84 bits per heavy atom. The molecule has 0 aliphatic rings. The molecule has 2 nitrogen and oxygen atoms in total. The Morgan fingerprint density at radius 3 is 2.58 bits per heavy atom. The van der Waals surface area contributed by atoms with Crippen LogP contribution in [0.5, 0.6) is 11.5 Å². The SMILES string of the molecule is NCCc1ccc(Br)cc1Oc1cc(F)ccc1Br. The van der Waals surface area contributed by atoms with Gasteiger partial charge in [-0.3, -0.25) is 0 Å². The Morgan fingerprint density at radius 1 is 1.05 bits per heavy atom. The van der Waals surface area contributed by atoms with Crippen LogP contribution in [0.4, 0.5) is 4.39 Å². The fraction of sp³-hybridized carbons (Fsp3) is 0.143. The lowest BCUT2D eigenvalue weighted by Gasteiger charge is -2.12. The number of halogens is 3. The summed E-state index contributed by atoms with van der Waals surface area (Å²) < 4.78 is 20.6. The van der Waals surface area contributed by atoms with Gasteiger partial charge in [-0.2, -0.15) is 0 Å². The number of ether oxygens (including phenoxy) is 1. The Labute approximate surface area is 128 Å². The molecule has 19 heavy (non-hydrogen) atoms. The van der Waals surface area contributed by atoms with Gasteiger partial charge in [-0.1, -0.05) is 22.0 Å². The maximum atomic E-state index is 13.2. The molecule has 0 aromatic heterocycles. The van der Waals surface area contributed by atoms with Gasteiger partial charge in [-0.05, 0) is 58.7 Å². The summed E-state index contributed by atoms with van der Waals surface area (Å²) in [6, 6.07) is 10.1. The van der Waals surface area contributed by atoms with E-state index in [1.165, 1.54) is 12.1 Å². The van der Waals surface area contributed by atoms with Gasteiger partial charge >= 0.3 is 0 Å². The Bertz CT molecular complexity index is 590. The first-order valence-electron chi connectivity index (χ1n) is 5.71. The van der Waals surface area contributed by atoms with Crippen LogP contribution >= 0.6 is 31.9 Å². The Kier molecular flexibility index (Phi) is 4.96. The molecule has 0 saturated heterocycles. The highest BCUT2D eigenvalue weighted by atomic mass is 79.9. The molecule has 0 atom stereocenters. The molecule has 0 fully saturated rings. The Balaban J connectivity index is 2.36. The van der Waals surface area contributed by atoms with Crippen LogP contribution in [-0.4, -0.2) is 6.54 Å². The van der Waals surface area contributed by atoms with E-state index in [1.807, 2.05) is 18.2 Å². The largest absolute Gasteiger partial charge is 0.456 e. The van der Waals surface area contributed by atoms with E-state index < -0.39 is 0 Å². The van der Waals surface area contributed by atoms with Gasteiger partial charge in [0.1, 0.15) is 17.3 Å². The van der Waals surface area contributed by atoms with Gasteiger partial charge < -0.3 is 10.5 Å². The molecule has 0 bridgehead atoms. The zero-order valence-corrected chi connectivity index (χ0v) is 13.2. The molecule has 0 radical (unpaired) electrons. The lowest BCUT2D eigenvalue weighted by Crippen LogP contribution is -2.04. The summed E-state index contributed by atoms with van der Waals surface area (Å²) in [6.07, 6.45) is 0.704. The highest BCUT2D eigenvalue weighted by Gasteiger charge is 2.09. The molecule has 0 amide bonds. The van der Waals surface area contributed by atoms with Crippen molar-refractivity contribution in [2.45, 2.75) is 6.42 Å². The molecule has 0 unspecified atom stereocenters. The zero-order chi connectivity index (χ0) is 13.8.